The van der Waals surface area contributed by atoms with Crippen LogP contribution < -0.4 is 0 Å². The Morgan fingerprint density at radius 2 is 1.00 bits per heavy atom. The minimum absolute atomic E-state index is 0. The van der Waals surface area contributed by atoms with Crippen LogP contribution in [0.15, 0.2) is 0 Å². The predicted molar refractivity (Wildman–Crippen MR) is 55.1 cm³/mol. The topological polar surface area (TPSA) is 74.6 Å². The Labute approximate surface area is 116 Å². The Balaban J connectivity index is -0.0000000133. The van der Waals surface area contributed by atoms with E-state index < -0.39 is 11.9 Å². The average molecular weight is 453 g/mol. The minimum atomic E-state index is -0.833. The van der Waals surface area contributed by atoms with Crippen molar-refractivity contribution < 1.29 is 50.9 Å². The maximum absolute atomic E-state index is 9.00. The SMILES string of the molecule is CC(=O)O.CC(=O)O.C[S-].[CH3-].[SH-].[U+3]. The molecular weight excluding hydrogens is 438 g/mol. The van der Waals surface area contributed by atoms with Crippen LogP contribution in [0, 0.1) is 38.5 Å². The molecule has 4 nitrogen and oxygen atoms in total. The molecule has 0 aliphatic heterocycles. The number of thiol groups is 1. The van der Waals surface area contributed by atoms with E-state index in [4.69, 9.17) is 19.8 Å². The molecule has 0 rings (SSSR count). The van der Waals surface area contributed by atoms with Crippen molar-refractivity contribution in [2.45, 2.75) is 13.8 Å². The van der Waals surface area contributed by atoms with Gasteiger partial charge in [0, 0.05) is 13.8 Å². The third kappa shape index (κ3) is 3030. The third-order valence-electron chi connectivity index (χ3n) is 0. The number of carboxylic acids is 2. The molecule has 13 heavy (non-hydrogen) atoms. The third-order valence-corrected chi connectivity index (χ3v) is 0. The van der Waals surface area contributed by atoms with Gasteiger partial charge in [0.15, 0.2) is 0 Å². The van der Waals surface area contributed by atoms with E-state index >= 15 is 0 Å². The summed E-state index contributed by atoms with van der Waals surface area (Å²) in [6.07, 6.45) is 1.58. The second-order valence-corrected chi connectivity index (χ2v) is 1.04. The quantitative estimate of drug-likeness (QED) is 0.317. The van der Waals surface area contributed by atoms with Crippen LogP contribution in [0.1, 0.15) is 13.8 Å². The van der Waals surface area contributed by atoms with E-state index in [9.17, 15) is 0 Å². The summed E-state index contributed by atoms with van der Waals surface area (Å²) in [6, 6.07) is 0. The first-order chi connectivity index (χ1) is 4.46. The molecule has 79 valence electrons. The second-order valence-electron chi connectivity index (χ2n) is 1.04. The van der Waals surface area contributed by atoms with E-state index in [0.717, 1.165) is 13.8 Å². The molecule has 0 saturated carbocycles. The second kappa shape index (κ2) is 38.7. The molecule has 0 bridgehead atoms. The summed E-state index contributed by atoms with van der Waals surface area (Å²) in [5, 5.41) is 14.8. The number of hydrogen-bond donors (Lipinski definition) is 2. The summed E-state index contributed by atoms with van der Waals surface area (Å²) in [5.41, 5.74) is 0. The van der Waals surface area contributed by atoms with Gasteiger partial charge in [0.1, 0.15) is 0 Å². The van der Waals surface area contributed by atoms with E-state index in [0.29, 0.717) is 0 Å². The minimum Gasteiger partial charge on any atom is -0.813 e. The normalized spacial score (nSPS) is 4.31. The van der Waals surface area contributed by atoms with Crippen LogP contribution in [-0.4, -0.2) is 28.4 Å². The summed E-state index contributed by atoms with van der Waals surface area (Å²) >= 11 is 4.08. The van der Waals surface area contributed by atoms with Crippen LogP contribution >= 0.6 is 0 Å². The van der Waals surface area contributed by atoms with Gasteiger partial charge in [-0.2, -0.15) is 6.26 Å². The maximum atomic E-state index is 9.00. The van der Waals surface area contributed by atoms with Crippen molar-refractivity contribution in [2.75, 3.05) is 6.26 Å². The van der Waals surface area contributed by atoms with Gasteiger partial charge in [-0.25, -0.2) is 0 Å². The van der Waals surface area contributed by atoms with Crippen LogP contribution in [0.5, 0.6) is 0 Å². The zero-order valence-electron chi connectivity index (χ0n) is 8.07. The van der Waals surface area contributed by atoms with Crippen LogP contribution in [0.4, 0.5) is 0 Å². The molecule has 2 N–H and O–H groups in total. The van der Waals surface area contributed by atoms with Crippen LogP contribution in [0.3, 0.4) is 0 Å². The predicted octanol–water partition coefficient (Wildman–Crippen LogP) is 0.525. The van der Waals surface area contributed by atoms with Gasteiger partial charge in [0.05, 0.1) is 0 Å². The number of hydrogen-bond acceptors (Lipinski definition) is 4. The van der Waals surface area contributed by atoms with Gasteiger partial charge in [-0.15, -0.1) is 0 Å². The largest absolute Gasteiger partial charge is 3.00 e. The molecule has 0 atom stereocenters. The van der Waals surface area contributed by atoms with Crippen LogP contribution in [0.2, 0.25) is 0 Å². The Kier molecular flexibility index (Phi) is 111. The first-order valence-corrected chi connectivity index (χ1v) is 3.08. The summed E-state index contributed by atoms with van der Waals surface area (Å²) in [4.78, 5) is 18.0. The summed E-state index contributed by atoms with van der Waals surface area (Å²) in [7, 11) is 0. The summed E-state index contributed by atoms with van der Waals surface area (Å²) < 4.78 is 0. The Hall–Kier alpha value is 0.692. The van der Waals surface area contributed by atoms with E-state index in [-0.39, 0.29) is 52.0 Å². The van der Waals surface area contributed by atoms with Crippen molar-refractivity contribution in [3.63, 3.8) is 0 Å². The van der Waals surface area contributed by atoms with Gasteiger partial charge in [-0.3, -0.25) is 9.59 Å². The van der Waals surface area contributed by atoms with E-state index in [2.05, 4.69) is 12.6 Å². The van der Waals surface area contributed by atoms with Gasteiger partial charge < -0.3 is 43.8 Å². The van der Waals surface area contributed by atoms with Crippen molar-refractivity contribution in [3.05, 3.63) is 7.43 Å². The number of carboxylic acid groups (broad SMARTS) is 2. The van der Waals surface area contributed by atoms with Crippen LogP contribution in [0.25, 0.3) is 0 Å². The van der Waals surface area contributed by atoms with Gasteiger partial charge in [0.2, 0.25) is 0 Å². The molecule has 0 aliphatic rings. The van der Waals surface area contributed by atoms with Crippen LogP contribution in [-0.2, 0) is 35.7 Å². The fraction of sp³-hybridized carbons (Fsp3) is 0.500. The standard InChI is InChI=1S/2C2H4O2.CH4S.CH3.H2S.U/c2*1-2(3)4;1-2;;;/h2*1H3,(H,3,4);2H,1H3;1H3;1H2;/q;;;-1;;+3/p-2. The molecular formula is C6H15O4S2U. The fourth-order valence-electron chi connectivity index (χ4n) is 0. The van der Waals surface area contributed by atoms with Crippen molar-refractivity contribution in [3.8, 4) is 0 Å². The van der Waals surface area contributed by atoms with Crippen molar-refractivity contribution in [1.29, 1.82) is 0 Å². The molecule has 0 spiro atoms. The monoisotopic (exact) mass is 453 g/mol. The van der Waals surface area contributed by atoms with E-state index in [1.807, 2.05) is 0 Å². The van der Waals surface area contributed by atoms with Gasteiger partial charge in [-0.1, -0.05) is 0 Å². The molecule has 0 aliphatic carbocycles. The maximum Gasteiger partial charge on any atom is 3.00 e. The summed E-state index contributed by atoms with van der Waals surface area (Å²) in [6.45, 7) is 2.17. The molecule has 0 fully saturated rings. The zero-order chi connectivity index (χ0) is 9.15. The van der Waals surface area contributed by atoms with Gasteiger partial charge in [-0.05, 0) is 0 Å². The molecule has 0 aromatic carbocycles. The number of carbonyl (C=O) groups is 2. The average Bonchev–Trinajstić information content (AvgIpc) is 1.66. The Morgan fingerprint density at radius 1 is 1.00 bits per heavy atom. The van der Waals surface area contributed by atoms with E-state index in [1.165, 1.54) is 0 Å². The zero-order valence-corrected chi connectivity index (χ0v) is 13.9. The molecule has 0 amide bonds. The van der Waals surface area contributed by atoms with Crippen molar-refractivity contribution in [1.82, 2.24) is 0 Å². The number of rotatable bonds is 0. The first kappa shape index (κ1) is 37.3. The smallest absolute Gasteiger partial charge is 0.813 e. The van der Waals surface area contributed by atoms with Gasteiger partial charge in [0.25, 0.3) is 11.9 Å². The Morgan fingerprint density at radius 3 is 1.00 bits per heavy atom. The van der Waals surface area contributed by atoms with E-state index in [1.54, 1.807) is 6.26 Å². The molecule has 0 aromatic rings. The number of aliphatic carboxylic acids is 2. The molecule has 7 heteroatoms. The fourth-order valence-corrected chi connectivity index (χ4v) is 0. The molecule has 0 unspecified atom stereocenters. The van der Waals surface area contributed by atoms with Crippen molar-refractivity contribution in [2.24, 2.45) is 0 Å². The first-order valence-electron chi connectivity index (χ1n) is 2.26. The molecule has 0 saturated heterocycles. The van der Waals surface area contributed by atoms with Gasteiger partial charge >= 0.3 is 31.1 Å². The summed E-state index contributed by atoms with van der Waals surface area (Å²) in [5.74, 6) is -1.67. The molecule has 1 radical (unpaired) electrons. The Bertz CT molecular complexity index is 80.6. The van der Waals surface area contributed by atoms with Crippen molar-refractivity contribution >= 4 is 38.1 Å². The molecule has 0 heterocycles. The molecule has 0 aromatic heterocycles.